The molecule has 0 bridgehead atoms. The Morgan fingerprint density at radius 1 is 1.11 bits per heavy atom. The molecule has 144 valence electrons. The number of hydrogen-bond donors (Lipinski definition) is 0. The smallest absolute Gasteiger partial charge is 0.254 e. The topological polar surface area (TPSA) is 55.2 Å². The van der Waals surface area contributed by atoms with E-state index in [2.05, 4.69) is 4.98 Å². The number of rotatable bonds is 5. The lowest BCUT2D eigenvalue weighted by Crippen LogP contribution is -2.37. The van der Waals surface area contributed by atoms with Crippen LogP contribution in [0.3, 0.4) is 0 Å². The van der Waals surface area contributed by atoms with Gasteiger partial charge in [-0.2, -0.15) is 0 Å². The second kappa shape index (κ2) is 8.17. The fourth-order valence-corrected chi connectivity index (χ4v) is 3.11. The number of amides is 1. The van der Waals surface area contributed by atoms with E-state index in [1.807, 2.05) is 38.1 Å². The predicted molar refractivity (Wildman–Crippen MR) is 108 cm³/mol. The van der Waals surface area contributed by atoms with Crippen molar-refractivity contribution < 1.29 is 9.18 Å². The Kier molecular flexibility index (Phi) is 5.68. The second-order valence-electron chi connectivity index (χ2n) is 6.63. The maximum atomic E-state index is 13.3. The Morgan fingerprint density at radius 2 is 1.82 bits per heavy atom. The quantitative estimate of drug-likeness (QED) is 0.679. The number of anilines is 1. The van der Waals surface area contributed by atoms with Crippen LogP contribution >= 0.6 is 0 Å². The molecule has 1 heterocycles. The largest absolute Gasteiger partial charge is 0.311 e. The maximum Gasteiger partial charge on any atom is 0.254 e. The van der Waals surface area contributed by atoms with Crippen LogP contribution in [0.5, 0.6) is 0 Å². The molecule has 0 spiro atoms. The van der Waals surface area contributed by atoms with Gasteiger partial charge in [-0.3, -0.25) is 14.2 Å². The van der Waals surface area contributed by atoms with Gasteiger partial charge in [0.2, 0.25) is 5.91 Å². The van der Waals surface area contributed by atoms with Gasteiger partial charge in [-0.1, -0.05) is 12.1 Å². The molecular weight excluding hydrogens is 357 g/mol. The van der Waals surface area contributed by atoms with Crippen LogP contribution in [0.15, 0.2) is 59.4 Å². The van der Waals surface area contributed by atoms with E-state index in [1.54, 1.807) is 24.0 Å². The number of likely N-dealkylation sites (N-methyl/N-ethyl adjacent to an activating group) is 1. The van der Waals surface area contributed by atoms with Crippen molar-refractivity contribution in [3.63, 3.8) is 0 Å². The van der Waals surface area contributed by atoms with E-state index in [-0.39, 0.29) is 23.8 Å². The van der Waals surface area contributed by atoms with Crippen molar-refractivity contribution >= 4 is 11.6 Å². The number of aryl methyl sites for hydroxylation is 2. The average Bonchev–Trinajstić information content (AvgIpc) is 2.65. The van der Waals surface area contributed by atoms with Gasteiger partial charge in [-0.05, 0) is 62.7 Å². The van der Waals surface area contributed by atoms with Crippen LogP contribution in [0.25, 0.3) is 11.4 Å². The molecule has 3 rings (SSSR count). The molecule has 1 amide bonds. The van der Waals surface area contributed by atoms with E-state index >= 15 is 0 Å². The summed E-state index contributed by atoms with van der Waals surface area (Å²) in [7, 11) is 0. The lowest BCUT2D eigenvalue weighted by molar-refractivity contribution is -0.119. The molecule has 0 fully saturated rings. The molecule has 2 aromatic carbocycles. The minimum atomic E-state index is -0.377. The van der Waals surface area contributed by atoms with Crippen molar-refractivity contribution in [3.8, 4) is 11.4 Å². The molecule has 0 N–H and O–H groups in total. The van der Waals surface area contributed by atoms with E-state index in [1.165, 1.54) is 22.8 Å². The third-order valence-corrected chi connectivity index (χ3v) is 4.46. The third kappa shape index (κ3) is 4.17. The van der Waals surface area contributed by atoms with Gasteiger partial charge in [0, 0.05) is 29.6 Å². The zero-order valence-corrected chi connectivity index (χ0v) is 16.1. The molecule has 6 heteroatoms. The Morgan fingerprint density at radius 3 is 2.46 bits per heavy atom. The van der Waals surface area contributed by atoms with Gasteiger partial charge in [0.05, 0.1) is 0 Å². The van der Waals surface area contributed by atoms with Crippen molar-refractivity contribution in [2.75, 3.05) is 11.4 Å². The third-order valence-electron chi connectivity index (χ3n) is 4.46. The van der Waals surface area contributed by atoms with E-state index in [9.17, 15) is 14.0 Å². The van der Waals surface area contributed by atoms with Gasteiger partial charge in [-0.15, -0.1) is 0 Å². The molecule has 0 saturated carbocycles. The van der Waals surface area contributed by atoms with E-state index in [0.29, 0.717) is 23.6 Å². The van der Waals surface area contributed by atoms with E-state index in [4.69, 9.17) is 0 Å². The molecular formula is C22H22FN3O2. The van der Waals surface area contributed by atoms with Gasteiger partial charge in [0.15, 0.2) is 0 Å². The summed E-state index contributed by atoms with van der Waals surface area (Å²) in [6, 6.07) is 14.8. The first-order chi connectivity index (χ1) is 13.4. The Balaban J connectivity index is 2.00. The summed E-state index contributed by atoms with van der Waals surface area (Å²) < 4.78 is 14.6. The molecule has 0 unspecified atom stereocenters. The van der Waals surface area contributed by atoms with Crippen LogP contribution in [0.2, 0.25) is 0 Å². The van der Waals surface area contributed by atoms with Crippen LogP contribution in [-0.2, 0) is 11.3 Å². The zero-order chi connectivity index (χ0) is 20.3. The summed E-state index contributed by atoms with van der Waals surface area (Å²) in [5, 5.41) is 0. The lowest BCUT2D eigenvalue weighted by Gasteiger charge is -2.23. The molecule has 0 atom stereocenters. The highest BCUT2D eigenvalue weighted by Gasteiger charge is 2.18. The first-order valence-electron chi connectivity index (χ1n) is 9.10. The van der Waals surface area contributed by atoms with Gasteiger partial charge in [-0.25, -0.2) is 9.37 Å². The van der Waals surface area contributed by atoms with Crippen molar-refractivity contribution in [1.82, 2.24) is 9.55 Å². The predicted octanol–water partition coefficient (Wildman–Crippen LogP) is 3.72. The standard InChI is InChI=1S/C22H22FN3O2/c1-4-25(19-7-5-6-15(2)12-19)21(28)14-26-20(27)13-16(3)24-22(26)17-8-10-18(23)11-9-17/h5-13H,4,14H2,1-3H3. The molecule has 0 aliphatic rings. The van der Waals surface area contributed by atoms with Crippen molar-refractivity contribution in [1.29, 1.82) is 0 Å². The number of carbonyl (C=O) groups excluding carboxylic acids is 1. The number of halogens is 1. The summed E-state index contributed by atoms with van der Waals surface area (Å²) in [6.45, 7) is 5.88. The fourth-order valence-electron chi connectivity index (χ4n) is 3.11. The first-order valence-corrected chi connectivity index (χ1v) is 9.10. The fraction of sp³-hybridized carbons (Fsp3) is 0.227. The molecule has 1 aromatic heterocycles. The van der Waals surface area contributed by atoms with Gasteiger partial charge in [0.1, 0.15) is 18.2 Å². The highest BCUT2D eigenvalue weighted by Crippen LogP contribution is 2.19. The summed E-state index contributed by atoms with van der Waals surface area (Å²) in [5.74, 6) is -0.249. The summed E-state index contributed by atoms with van der Waals surface area (Å²) in [6.07, 6.45) is 0. The molecule has 0 radical (unpaired) electrons. The summed E-state index contributed by atoms with van der Waals surface area (Å²) in [5.41, 5.74) is 2.63. The SMILES string of the molecule is CCN(C(=O)Cn1c(-c2ccc(F)cc2)nc(C)cc1=O)c1cccc(C)c1. The van der Waals surface area contributed by atoms with Crippen LogP contribution in [0, 0.1) is 19.7 Å². The number of carbonyl (C=O) groups is 1. The summed E-state index contributed by atoms with van der Waals surface area (Å²) in [4.78, 5) is 31.7. The van der Waals surface area contributed by atoms with Crippen LogP contribution in [-0.4, -0.2) is 22.0 Å². The highest BCUT2D eigenvalue weighted by molar-refractivity contribution is 5.93. The molecule has 0 saturated heterocycles. The minimum Gasteiger partial charge on any atom is -0.311 e. The molecule has 0 aliphatic heterocycles. The number of nitrogens with zero attached hydrogens (tertiary/aromatic N) is 3. The van der Waals surface area contributed by atoms with Crippen molar-refractivity contribution in [2.24, 2.45) is 0 Å². The van der Waals surface area contributed by atoms with Gasteiger partial charge < -0.3 is 4.90 Å². The van der Waals surface area contributed by atoms with Crippen molar-refractivity contribution in [3.05, 3.63) is 82.0 Å². The van der Waals surface area contributed by atoms with E-state index < -0.39 is 0 Å². The molecule has 3 aromatic rings. The monoisotopic (exact) mass is 379 g/mol. The maximum absolute atomic E-state index is 13.3. The summed E-state index contributed by atoms with van der Waals surface area (Å²) >= 11 is 0. The molecule has 5 nitrogen and oxygen atoms in total. The lowest BCUT2D eigenvalue weighted by atomic mass is 10.2. The molecule has 28 heavy (non-hydrogen) atoms. The van der Waals surface area contributed by atoms with Gasteiger partial charge in [0.25, 0.3) is 5.56 Å². The first kappa shape index (κ1) is 19.5. The zero-order valence-electron chi connectivity index (χ0n) is 16.1. The molecule has 0 aliphatic carbocycles. The Hall–Kier alpha value is -3.28. The number of aromatic nitrogens is 2. The number of hydrogen-bond acceptors (Lipinski definition) is 3. The van der Waals surface area contributed by atoms with Crippen LogP contribution in [0.4, 0.5) is 10.1 Å². The van der Waals surface area contributed by atoms with Gasteiger partial charge >= 0.3 is 0 Å². The second-order valence-corrected chi connectivity index (χ2v) is 6.63. The average molecular weight is 379 g/mol. The van der Waals surface area contributed by atoms with Crippen molar-refractivity contribution in [2.45, 2.75) is 27.3 Å². The minimum absolute atomic E-state index is 0.152. The van der Waals surface area contributed by atoms with Crippen LogP contribution < -0.4 is 10.5 Å². The Bertz CT molecular complexity index is 1060. The Labute approximate surface area is 163 Å². The van der Waals surface area contributed by atoms with Crippen LogP contribution in [0.1, 0.15) is 18.2 Å². The number of benzene rings is 2. The van der Waals surface area contributed by atoms with E-state index in [0.717, 1.165) is 11.3 Å². The highest BCUT2D eigenvalue weighted by atomic mass is 19.1. The normalized spacial score (nSPS) is 10.7.